The van der Waals surface area contributed by atoms with Crippen LogP contribution in [0.3, 0.4) is 0 Å². The standard InChI is InChI=1S/C11H18N2.C2H6/c1-9(2)5-4-6-11-7-8-12-10(3)13-11;1-2/h7-9H,4-6H2,1-3H3;1-2H3. The zero-order chi connectivity index (χ0) is 11.7. The van der Waals surface area contributed by atoms with Gasteiger partial charge >= 0.3 is 0 Å². The predicted octanol–water partition coefficient (Wildman–Crippen LogP) is 3.79. The fraction of sp³-hybridized carbons (Fsp3) is 0.692. The summed E-state index contributed by atoms with van der Waals surface area (Å²) in [5, 5.41) is 0. The Morgan fingerprint density at radius 1 is 1.27 bits per heavy atom. The number of hydrogen-bond donors (Lipinski definition) is 0. The van der Waals surface area contributed by atoms with Crippen LogP contribution in [0, 0.1) is 12.8 Å². The van der Waals surface area contributed by atoms with Crippen molar-refractivity contribution in [3.8, 4) is 0 Å². The molecular weight excluding hydrogens is 184 g/mol. The van der Waals surface area contributed by atoms with Crippen LogP contribution in [-0.2, 0) is 6.42 Å². The zero-order valence-electron chi connectivity index (χ0n) is 10.7. The minimum atomic E-state index is 0.794. The van der Waals surface area contributed by atoms with Crippen LogP contribution >= 0.6 is 0 Å². The van der Waals surface area contributed by atoms with Gasteiger partial charge in [-0.1, -0.05) is 34.1 Å². The van der Waals surface area contributed by atoms with Crippen molar-refractivity contribution in [2.45, 2.75) is 53.9 Å². The maximum Gasteiger partial charge on any atom is 0.125 e. The van der Waals surface area contributed by atoms with Gasteiger partial charge < -0.3 is 0 Å². The van der Waals surface area contributed by atoms with Gasteiger partial charge in [0.15, 0.2) is 0 Å². The average molecular weight is 208 g/mol. The van der Waals surface area contributed by atoms with Gasteiger partial charge in [-0.2, -0.15) is 0 Å². The van der Waals surface area contributed by atoms with E-state index in [0.717, 1.165) is 18.2 Å². The highest BCUT2D eigenvalue weighted by Gasteiger charge is 1.97. The summed E-state index contributed by atoms with van der Waals surface area (Å²) in [6.45, 7) is 10.4. The van der Waals surface area contributed by atoms with E-state index in [1.54, 1.807) is 0 Å². The lowest BCUT2D eigenvalue weighted by atomic mass is 10.1. The van der Waals surface area contributed by atoms with Crippen molar-refractivity contribution in [3.05, 3.63) is 23.8 Å². The molecule has 0 amide bonds. The van der Waals surface area contributed by atoms with E-state index in [0.29, 0.717) is 0 Å². The minimum Gasteiger partial charge on any atom is -0.242 e. The molecule has 86 valence electrons. The zero-order valence-corrected chi connectivity index (χ0v) is 10.7. The summed E-state index contributed by atoms with van der Waals surface area (Å²) in [5.74, 6) is 1.67. The molecule has 0 bridgehead atoms. The van der Waals surface area contributed by atoms with Crippen molar-refractivity contribution in [2.75, 3.05) is 0 Å². The molecule has 0 saturated carbocycles. The lowest BCUT2D eigenvalue weighted by Gasteiger charge is -2.03. The van der Waals surface area contributed by atoms with Crippen LogP contribution in [0.5, 0.6) is 0 Å². The van der Waals surface area contributed by atoms with Crippen molar-refractivity contribution in [1.29, 1.82) is 0 Å². The fourth-order valence-corrected chi connectivity index (χ4v) is 1.34. The van der Waals surface area contributed by atoms with E-state index in [4.69, 9.17) is 0 Å². The van der Waals surface area contributed by atoms with Gasteiger partial charge in [0.05, 0.1) is 0 Å². The Morgan fingerprint density at radius 2 is 1.93 bits per heavy atom. The van der Waals surface area contributed by atoms with Crippen molar-refractivity contribution < 1.29 is 0 Å². The first-order valence-corrected chi connectivity index (χ1v) is 5.97. The summed E-state index contributed by atoms with van der Waals surface area (Å²) >= 11 is 0. The smallest absolute Gasteiger partial charge is 0.125 e. The van der Waals surface area contributed by atoms with Crippen LogP contribution in [-0.4, -0.2) is 9.97 Å². The molecule has 0 saturated heterocycles. The largest absolute Gasteiger partial charge is 0.242 e. The molecule has 0 radical (unpaired) electrons. The van der Waals surface area contributed by atoms with Crippen molar-refractivity contribution >= 4 is 0 Å². The molecule has 0 aliphatic rings. The fourth-order valence-electron chi connectivity index (χ4n) is 1.34. The topological polar surface area (TPSA) is 25.8 Å². The molecule has 1 heterocycles. The van der Waals surface area contributed by atoms with Gasteiger partial charge in [-0.25, -0.2) is 9.97 Å². The van der Waals surface area contributed by atoms with Crippen LogP contribution < -0.4 is 0 Å². The summed E-state index contributed by atoms with van der Waals surface area (Å²) in [6.07, 6.45) is 5.44. The van der Waals surface area contributed by atoms with E-state index in [1.165, 1.54) is 18.5 Å². The van der Waals surface area contributed by atoms with Crippen LogP contribution in [0.1, 0.15) is 52.1 Å². The molecule has 0 fully saturated rings. The Hall–Kier alpha value is -0.920. The van der Waals surface area contributed by atoms with Crippen LogP contribution in [0.15, 0.2) is 12.3 Å². The molecule has 1 aromatic rings. The molecule has 0 aliphatic carbocycles. The predicted molar refractivity (Wildman–Crippen MR) is 65.9 cm³/mol. The van der Waals surface area contributed by atoms with Crippen LogP contribution in [0.2, 0.25) is 0 Å². The molecule has 1 aromatic heterocycles. The highest BCUT2D eigenvalue weighted by Crippen LogP contribution is 2.07. The quantitative estimate of drug-likeness (QED) is 0.752. The summed E-state index contributed by atoms with van der Waals surface area (Å²) in [7, 11) is 0. The molecule has 0 aliphatic heterocycles. The maximum absolute atomic E-state index is 4.36. The molecule has 0 atom stereocenters. The molecular formula is C13H24N2. The second kappa shape index (κ2) is 8.39. The second-order valence-corrected chi connectivity index (χ2v) is 3.88. The van der Waals surface area contributed by atoms with Crippen LogP contribution in [0.4, 0.5) is 0 Å². The van der Waals surface area contributed by atoms with Crippen molar-refractivity contribution in [1.82, 2.24) is 9.97 Å². The Balaban J connectivity index is 0.000000921. The van der Waals surface area contributed by atoms with E-state index < -0.39 is 0 Å². The molecule has 0 spiro atoms. The van der Waals surface area contributed by atoms with Gasteiger partial charge in [0.2, 0.25) is 0 Å². The number of rotatable bonds is 4. The highest BCUT2D eigenvalue weighted by atomic mass is 14.9. The Morgan fingerprint density at radius 3 is 2.47 bits per heavy atom. The van der Waals surface area contributed by atoms with E-state index in [-0.39, 0.29) is 0 Å². The van der Waals surface area contributed by atoms with Gasteiger partial charge in [-0.05, 0) is 31.7 Å². The first-order valence-electron chi connectivity index (χ1n) is 5.97. The third-order valence-electron chi connectivity index (χ3n) is 2.05. The Kier molecular flexibility index (Phi) is 7.88. The maximum atomic E-state index is 4.36. The number of aryl methyl sites for hydroxylation is 2. The highest BCUT2D eigenvalue weighted by molar-refractivity contribution is 5.01. The third kappa shape index (κ3) is 7.06. The van der Waals surface area contributed by atoms with E-state index in [9.17, 15) is 0 Å². The van der Waals surface area contributed by atoms with Gasteiger partial charge in [0.1, 0.15) is 5.82 Å². The molecule has 0 N–H and O–H groups in total. The summed E-state index contributed by atoms with van der Waals surface area (Å²) in [4.78, 5) is 8.43. The molecule has 1 rings (SSSR count). The molecule has 0 unspecified atom stereocenters. The van der Waals surface area contributed by atoms with Gasteiger partial charge in [-0.15, -0.1) is 0 Å². The molecule has 15 heavy (non-hydrogen) atoms. The van der Waals surface area contributed by atoms with E-state index in [1.807, 2.05) is 33.0 Å². The average Bonchev–Trinajstić information content (AvgIpc) is 2.20. The molecule has 2 heteroatoms. The Labute approximate surface area is 94.2 Å². The molecule has 0 aromatic carbocycles. The first-order chi connectivity index (χ1) is 7.18. The number of aromatic nitrogens is 2. The van der Waals surface area contributed by atoms with Crippen molar-refractivity contribution in [2.24, 2.45) is 5.92 Å². The summed E-state index contributed by atoms with van der Waals surface area (Å²) < 4.78 is 0. The normalized spacial score (nSPS) is 9.73. The number of nitrogens with zero attached hydrogens (tertiary/aromatic N) is 2. The first kappa shape index (κ1) is 14.1. The van der Waals surface area contributed by atoms with Gasteiger partial charge in [0, 0.05) is 11.9 Å². The van der Waals surface area contributed by atoms with Crippen molar-refractivity contribution in [3.63, 3.8) is 0 Å². The number of hydrogen-bond acceptors (Lipinski definition) is 2. The minimum absolute atomic E-state index is 0.794. The summed E-state index contributed by atoms with van der Waals surface area (Å²) in [6, 6.07) is 2.01. The van der Waals surface area contributed by atoms with Gasteiger partial charge in [0.25, 0.3) is 0 Å². The molecule has 2 nitrogen and oxygen atoms in total. The van der Waals surface area contributed by atoms with Gasteiger partial charge in [-0.3, -0.25) is 0 Å². The van der Waals surface area contributed by atoms with E-state index in [2.05, 4.69) is 23.8 Å². The third-order valence-corrected chi connectivity index (χ3v) is 2.05. The lowest BCUT2D eigenvalue weighted by molar-refractivity contribution is 0.552. The second-order valence-electron chi connectivity index (χ2n) is 3.88. The Bertz CT molecular complexity index is 256. The summed E-state index contributed by atoms with van der Waals surface area (Å²) in [5.41, 5.74) is 1.17. The monoisotopic (exact) mass is 208 g/mol. The van der Waals surface area contributed by atoms with Crippen LogP contribution in [0.25, 0.3) is 0 Å². The SMILES string of the molecule is CC.Cc1nccc(CCCC(C)C)n1. The lowest BCUT2D eigenvalue weighted by Crippen LogP contribution is -1.96. The van der Waals surface area contributed by atoms with E-state index >= 15 is 0 Å².